The van der Waals surface area contributed by atoms with Gasteiger partial charge in [-0.25, -0.2) is 4.79 Å². The van der Waals surface area contributed by atoms with Crippen LogP contribution < -0.4 is 11.4 Å². The standard InChI is InChI=1S/C15H19N3O6/c1-4-10-6-18(15(21)17-13(10)16)14-12(23-9(3)20)5-11(24-14)7-22-8(2)19/h4,6,11-12,14H,1,5,7H2,2-3H3,(H2,16,17,21)/t11-,12+,14+/m0/s1. The van der Waals surface area contributed by atoms with E-state index in [1.807, 2.05) is 0 Å². The SMILES string of the molecule is C=Cc1cn([C@@H]2O[C@H](COC(C)=O)C[C@H]2OC(C)=O)c(=O)nc1N. The van der Waals surface area contributed by atoms with E-state index >= 15 is 0 Å². The van der Waals surface area contributed by atoms with Crippen LogP contribution in [0.2, 0.25) is 0 Å². The van der Waals surface area contributed by atoms with Crippen molar-refractivity contribution in [2.45, 2.75) is 38.7 Å². The van der Waals surface area contributed by atoms with Gasteiger partial charge < -0.3 is 19.9 Å². The van der Waals surface area contributed by atoms with E-state index in [1.165, 1.54) is 30.7 Å². The molecule has 2 N–H and O–H groups in total. The number of esters is 2. The van der Waals surface area contributed by atoms with Crippen molar-refractivity contribution in [1.29, 1.82) is 0 Å². The summed E-state index contributed by atoms with van der Waals surface area (Å²) in [6.45, 7) is 6.13. The zero-order valence-electron chi connectivity index (χ0n) is 13.4. The molecular weight excluding hydrogens is 318 g/mol. The van der Waals surface area contributed by atoms with E-state index in [0.29, 0.717) is 5.56 Å². The molecule has 0 radical (unpaired) electrons. The number of ether oxygens (including phenoxy) is 3. The van der Waals surface area contributed by atoms with Crippen LogP contribution in [0.1, 0.15) is 32.1 Å². The lowest BCUT2D eigenvalue weighted by Crippen LogP contribution is -2.34. The molecule has 1 aliphatic heterocycles. The number of hydrogen-bond acceptors (Lipinski definition) is 8. The number of nitrogens with zero attached hydrogens (tertiary/aromatic N) is 2. The number of nitrogen functional groups attached to an aromatic ring is 1. The van der Waals surface area contributed by atoms with Gasteiger partial charge in [0.1, 0.15) is 18.5 Å². The summed E-state index contributed by atoms with van der Waals surface area (Å²) in [6.07, 6.45) is 1.03. The number of nitrogens with two attached hydrogens (primary N) is 1. The summed E-state index contributed by atoms with van der Waals surface area (Å²) in [4.78, 5) is 38.1. The lowest BCUT2D eigenvalue weighted by Gasteiger charge is -2.21. The maximum atomic E-state index is 12.1. The number of aromatic nitrogens is 2. The smallest absolute Gasteiger partial charge is 0.351 e. The molecule has 1 aliphatic rings. The first-order chi connectivity index (χ1) is 11.3. The first kappa shape index (κ1) is 17.7. The predicted molar refractivity (Wildman–Crippen MR) is 83.7 cm³/mol. The molecule has 2 rings (SSSR count). The van der Waals surface area contributed by atoms with E-state index < -0.39 is 36.1 Å². The number of rotatable bonds is 5. The highest BCUT2D eigenvalue weighted by Crippen LogP contribution is 2.31. The summed E-state index contributed by atoms with van der Waals surface area (Å²) in [7, 11) is 0. The van der Waals surface area contributed by atoms with Crippen molar-refractivity contribution in [3.8, 4) is 0 Å². The van der Waals surface area contributed by atoms with Crippen LogP contribution in [-0.2, 0) is 23.8 Å². The third-order valence-electron chi connectivity index (χ3n) is 3.44. The first-order valence-electron chi connectivity index (χ1n) is 7.29. The Labute approximate surface area is 138 Å². The van der Waals surface area contributed by atoms with Gasteiger partial charge in [-0.3, -0.25) is 14.2 Å². The molecule has 24 heavy (non-hydrogen) atoms. The van der Waals surface area contributed by atoms with Crippen LogP contribution in [0.25, 0.3) is 6.08 Å². The first-order valence-corrected chi connectivity index (χ1v) is 7.29. The van der Waals surface area contributed by atoms with E-state index in [9.17, 15) is 14.4 Å². The highest BCUT2D eigenvalue weighted by atomic mass is 16.6. The molecule has 130 valence electrons. The summed E-state index contributed by atoms with van der Waals surface area (Å²) in [6, 6.07) is 0. The Hall–Kier alpha value is -2.68. The van der Waals surface area contributed by atoms with Crippen molar-refractivity contribution in [1.82, 2.24) is 9.55 Å². The minimum absolute atomic E-state index is 0.00490. The van der Waals surface area contributed by atoms with Gasteiger partial charge in [-0.2, -0.15) is 4.98 Å². The van der Waals surface area contributed by atoms with Crippen LogP contribution in [-0.4, -0.2) is 40.3 Å². The molecule has 2 heterocycles. The third kappa shape index (κ3) is 3.99. The maximum Gasteiger partial charge on any atom is 0.351 e. The molecular formula is C15H19N3O6. The van der Waals surface area contributed by atoms with Crippen molar-refractivity contribution in [3.63, 3.8) is 0 Å². The van der Waals surface area contributed by atoms with Crippen molar-refractivity contribution in [3.05, 3.63) is 28.8 Å². The largest absolute Gasteiger partial charge is 0.463 e. The molecule has 0 aliphatic carbocycles. The molecule has 0 unspecified atom stereocenters. The van der Waals surface area contributed by atoms with E-state index in [2.05, 4.69) is 11.6 Å². The molecule has 0 aromatic carbocycles. The molecule has 0 amide bonds. The van der Waals surface area contributed by atoms with Crippen molar-refractivity contribution < 1.29 is 23.8 Å². The Morgan fingerprint density at radius 2 is 2.21 bits per heavy atom. The van der Waals surface area contributed by atoms with Gasteiger partial charge in [-0.1, -0.05) is 12.7 Å². The molecule has 1 fully saturated rings. The Bertz CT molecular complexity index is 714. The van der Waals surface area contributed by atoms with E-state index in [4.69, 9.17) is 19.9 Å². The topological polar surface area (TPSA) is 123 Å². The van der Waals surface area contributed by atoms with Gasteiger partial charge in [0.2, 0.25) is 0 Å². The molecule has 1 aromatic heterocycles. The zero-order chi connectivity index (χ0) is 17.9. The van der Waals surface area contributed by atoms with Gasteiger partial charge in [0.05, 0.1) is 6.10 Å². The second-order valence-corrected chi connectivity index (χ2v) is 5.31. The summed E-state index contributed by atoms with van der Waals surface area (Å²) in [5.41, 5.74) is 5.45. The van der Waals surface area contributed by atoms with Gasteiger partial charge in [-0.15, -0.1) is 0 Å². The van der Waals surface area contributed by atoms with Crippen LogP contribution in [0.5, 0.6) is 0 Å². The Morgan fingerprint density at radius 3 is 2.79 bits per heavy atom. The Morgan fingerprint density at radius 1 is 1.50 bits per heavy atom. The van der Waals surface area contributed by atoms with E-state index in [-0.39, 0.29) is 18.8 Å². The van der Waals surface area contributed by atoms with Crippen LogP contribution in [0, 0.1) is 0 Å². The Kier molecular flexibility index (Phi) is 5.35. The third-order valence-corrected chi connectivity index (χ3v) is 3.44. The highest BCUT2D eigenvalue weighted by molar-refractivity contribution is 5.66. The maximum absolute atomic E-state index is 12.1. The minimum atomic E-state index is -0.895. The summed E-state index contributed by atoms with van der Waals surface area (Å²) >= 11 is 0. The zero-order valence-corrected chi connectivity index (χ0v) is 13.4. The van der Waals surface area contributed by atoms with Gasteiger partial charge in [0, 0.05) is 32.0 Å². The van der Waals surface area contributed by atoms with E-state index in [0.717, 1.165) is 0 Å². The molecule has 0 saturated carbocycles. The number of anilines is 1. The number of hydrogen-bond donors (Lipinski definition) is 1. The van der Waals surface area contributed by atoms with Crippen LogP contribution in [0.4, 0.5) is 5.82 Å². The predicted octanol–water partition coefficient (Wildman–Crippen LogP) is 0.251. The van der Waals surface area contributed by atoms with E-state index in [1.54, 1.807) is 0 Å². The fourth-order valence-electron chi connectivity index (χ4n) is 2.43. The fraction of sp³-hybridized carbons (Fsp3) is 0.467. The molecule has 0 bridgehead atoms. The average molecular weight is 337 g/mol. The van der Waals surface area contributed by atoms with Gasteiger partial charge >= 0.3 is 17.6 Å². The van der Waals surface area contributed by atoms with Gasteiger partial charge in [0.15, 0.2) is 6.23 Å². The summed E-state index contributed by atoms with van der Waals surface area (Å²) in [5, 5.41) is 0. The second-order valence-electron chi connectivity index (χ2n) is 5.31. The highest BCUT2D eigenvalue weighted by Gasteiger charge is 2.40. The van der Waals surface area contributed by atoms with Crippen molar-refractivity contribution >= 4 is 23.8 Å². The summed E-state index contributed by atoms with van der Waals surface area (Å²) in [5.74, 6) is -0.918. The number of carbonyl (C=O) groups is 2. The molecule has 0 spiro atoms. The second kappa shape index (κ2) is 7.26. The van der Waals surface area contributed by atoms with Crippen LogP contribution in [0.3, 0.4) is 0 Å². The Balaban J connectivity index is 2.30. The average Bonchev–Trinajstić information content (AvgIpc) is 2.87. The molecule has 1 saturated heterocycles. The van der Waals surface area contributed by atoms with Gasteiger partial charge in [0.25, 0.3) is 0 Å². The fourth-order valence-corrected chi connectivity index (χ4v) is 2.43. The lowest BCUT2D eigenvalue weighted by molar-refractivity contribution is -0.153. The molecule has 9 heteroatoms. The van der Waals surface area contributed by atoms with Crippen LogP contribution in [0.15, 0.2) is 17.6 Å². The molecule has 9 nitrogen and oxygen atoms in total. The van der Waals surface area contributed by atoms with Crippen molar-refractivity contribution in [2.75, 3.05) is 12.3 Å². The van der Waals surface area contributed by atoms with Gasteiger partial charge in [-0.05, 0) is 0 Å². The number of carbonyl (C=O) groups excluding carboxylic acids is 2. The molecule has 3 atom stereocenters. The lowest BCUT2D eigenvalue weighted by atomic mass is 10.2. The van der Waals surface area contributed by atoms with Crippen molar-refractivity contribution in [2.24, 2.45) is 0 Å². The monoisotopic (exact) mass is 337 g/mol. The molecule has 1 aromatic rings. The normalized spacial score (nSPS) is 22.8. The minimum Gasteiger partial charge on any atom is -0.463 e. The van der Waals surface area contributed by atoms with Crippen LogP contribution >= 0.6 is 0 Å². The summed E-state index contributed by atoms with van der Waals surface area (Å²) < 4.78 is 17.1. The quantitative estimate of drug-likeness (QED) is 0.759.